The van der Waals surface area contributed by atoms with Crippen LogP contribution >= 0.6 is 11.6 Å². The van der Waals surface area contributed by atoms with Crippen molar-refractivity contribution < 1.29 is 26.4 Å². The largest absolute Gasteiger partial charge is 0.417 e. The monoisotopic (exact) mass is 466 g/mol. The molecule has 2 atom stereocenters. The molecule has 0 unspecified atom stereocenters. The number of sulfonamides is 1. The minimum absolute atomic E-state index is 0.0587. The number of benzene rings is 1. The van der Waals surface area contributed by atoms with Crippen LogP contribution in [0.15, 0.2) is 23.1 Å². The van der Waals surface area contributed by atoms with Crippen molar-refractivity contribution in [2.75, 3.05) is 13.1 Å². The Hall–Kier alpha value is -1.32. The smallest absolute Gasteiger partial charge is 0.353 e. The summed E-state index contributed by atoms with van der Waals surface area (Å²) in [6.45, 7) is 2.30. The minimum atomic E-state index is -4.75. The van der Waals surface area contributed by atoms with E-state index >= 15 is 0 Å². The van der Waals surface area contributed by atoms with Crippen LogP contribution in [-0.4, -0.2) is 37.8 Å². The van der Waals surface area contributed by atoms with E-state index < -0.39 is 31.7 Å². The summed E-state index contributed by atoms with van der Waals surface area (Å²) in [4.78, 5) is 12.2. The molecule has 0 aromatic heterocycles. The number of nitrogens with zero attached hydrogens (tertiary/aromatic N) is 1. The van der Waals surface area contributed by atoms with Crippen LogP contribution in [0, 0.1) is 11.8 Å². The molecule has 1 aliphatic heterocycles. The molecule has 30 heavy (non-hydrogen) atoms. The summed E-state index contributed by atoms with van der Waals surface area (Å²) >= 11 is 5.59. The summed E-state index contributed by atoms with van der Waals surface area (Å²) in [6.07, 6.45) is 0.236. The van der Waals surface area contributed by atoms with Crippen LogP contribution in [0.25, 0.3) is 0 Å². The third-order valence-corrected chi connectivity index (χ3v) is 8.37. The normalized spacial score (nSPS) is 24.6. The molecule has 5 nitrogen and oxygen atoms in total. The Morgan fingerprint density at radius 3 is 2.37 bits per heavy atom. The predicted molar refractivity (Wildman–Crippen MR) is 107 cm³/mol. The lowest BCUT2D eigenvalue weighted by atomic mass is 9.85. The highest BCUT2D eigenvalue weighted by Gasteiger charge is 2.37. The van der Waals surface area contributed by atoms with E-state index in [1.165, 1.54) is 6.42 Å². The summed E-state index contributed by atoms with van der Waals surface area (Å²) < 4.78 is 66.0. The molecule has 0 spiro atoms. The molecule has 2 fully saturated rings. The Kier molecular flexibility index (Phi) is 7.04. The zero-order chi connectivity index (χ0) is 22.1. The van der Waals surface area contributed by atoms with E-state index in [2.05, 4.69) is 12.2 Å². The van der Waals surface area contributed by atoms with Gasteiger partial charge in [0.1, 0.15) is 0 Å². The van der Waals surface area contributed by atoms with Gasteiger partial charge in [0.15, 0.2) is 0 Å². The first-order valence-corrected chi connectivity index (χ1v) is 12.0. The first kappa shape index (κ1) is 23.3. The average Bonchev–Trinajstić information content (AvgIpc) is 2.69. The van der Waals surface area contributed by atoms with Crippen LogP contribution in [0.2, 0.25) is 5.02 Å². The highest BCUT2D eigenvalue weighted by molar-refractivity contribution is 7.89. The lowest BCUT2D eigenvalue weighted by Gasteiger charge is -2.34. The van der Waals surface area contributed by atoms with Crippen molar-refractivity contribution in [1.82, 2.24) is 9.62 Å². The van der Waals surface area contributed by atoms with Crippen molar-refractivity contribution >= 4 is 27.5 Å². The summed E-state index contributed by atoms with van der Waals surface area (Å²) in [5.41, 5.74) is -1.18. The second-order valence-corrected chi connectivity index (χ2v) is 10.5. The van der Waals surface area contributed by atoms with Gasteiger partial charge in [-0.2, -0.15) is 17.5 Å². The van der Waals surface area contributed by atoms with Crippen molar-refractivity contribution in [3.63, 3.8) is 0 Å². The molecule has 2 aliphatic rings. The first-order chi connectivity index (χ1) is 14.0. The Labute approximate surface area is 180 Å². The quantitative estimate of drug-likeness (QED) is 0.712. The Morgan fingerprint density at radius 2 is 1.77 bits per heavy atom. The second-order valence-electron chi connectivity index (χ2n) is 8.19. The van der Waals surface area contributed by atoms with Crippen LogP contribution in [-0.2, 0) is 21.0 Å². The lowest BCUT2D eigenvalue weighted by Crippen LogP contribution is -2.47. The van der Waals surface area contributed by atoms with E-state index in [0.717, 1.165) is 35.7 Å². The highest BCUT2D eigenvalue weighted by Crippen LogP contribution is 2.37. The van der Waals surface area contributed by atoms with Crippen LogP contribution in [0.1, 0.15) is 51.0 Å². The summed E-state index contributed by atoms with van der Waals surface area (Å²) in [5, 5.41) is 2.56. The molecule has 1 aromatic carbocycles. The van der Waals surface area contributed by atoms with E-state index in [9.17, 15) is 26.4 Å². The van der Waals surface area contributed by atoms with Gasteiger partial charge in [0.05, 0.1) is 15.5 Å². The number of piperidine rings is 1. The molecule has 1 saturated heterocycles. The molecular weight excluding hydrogens is 441 g/mol. The van der Waals surface area contributed by atoms with Crippen LogP contribution < -0.4 is 5.32 Å². The predicted octanol–water partition coefficient (Wildman–Crippen LogP) is 4.45. The number of nitrogens with one attached hydrogen (secondary N) is 1. The Balaban J connectivity index is 1.65. The standard InChI is InChI=1S/C20H26ClF3N2O3S/c1-13-4-2-3-5-18(13)25-19(27)14-8-10-26(11-9-14)30(28,29)15-6-7-17(21)16(12-15)20(22,23)24/h6-7,12-14,18H,2-5,8-11H2,1H3,(H,25,27)/t13-,18-/m0/s1. The fourth-order valence-electron chi connectivity index (χ4n) is 4.22. The van der Waals surface area contributed by atoms with E-state index in [4.69, 9.17) is 11.6 Å². The maximum absolute atomic E-state index is 13.1. The average molecular weight is 467 g/mol. The molecule has 1 N–H and O–H groups in total. The third-order valence-electron chi connectivity index (χ3n) is 6.14. The van der Waals surface area contributed by atoms with Crippen molar-refractivity contribution in [2.45, 2.75) is 62.6 Å². The Bertz CT molecular complexity index is 884. The molecule has 3 rings (SSSR count). The van der Waals surface area contributed by atoms with Crippen LogP contribution in [0.3, 0.4) is 0 Å². The van der Waals surface area contributed by atoms with Crippen molar-refractivity contribution in [1.29, 1.82) is 0 Å². The second kappa shape index (κ2) is 9.04. The molecule has 1 heterocycles. The summed E-state index contributed by atoms with van der Waals surface area (Å²) in [7, 11) is -4.10. The highest BCUT2D eigenvalue weighted by atomic mass is 35.5. The number of carbonyl (C=O) groups excluding carboxylic acids is 1. The topological polar surface area (TPSA) is 66.5 Å². The fourth-order valence-corrected chi connectivity index (χ4v) is 5.94. The van der Waals surface area contributed by atoms with Crippen LogP contribution in [0.4, 0.5) is 13.2 Å². The Morgan fingerprint density at radius 1 is 1.13 bits per heavy atom. The third kappa shape index (κ3) is 5.11. The van der Waals surface area contributed by atoms with Gasteiger partial charge in [-0.15, -0.1) is 0 Å². The van der Waals surface area contributed by atoms with Gasteiger partial charge in [-0.25, -0.2) is 8.42 Å². The number of amides is 1. The van der Waals surface area contributed by atoms with E-state index in [1.54, 1.807) is 0 Å². The SMILES string of the molecule is C[C@H]1CCCC[C@@H]1NC(=O)C1CCN(S(=O)(=O)c2ccc(Cl)c(C(F)(F)F)c2)CC1. The number of hydrogen-bond acceptors (Lipinski definition) is 3. The van der Waals surface area contributed by atoms with Gasteiger partial charge in [0.25, 0.3) is 0 Å². The van der Waals surface area contributed by atoms with E-state index in [-0.39, 0.29) is 31.0 Å². The fraction of sp³-hybridized carbons (Fsp3) is 0.650. The first-order valence-electron chi connectivity index (χ1n) is 10.2. The number of rotatable bonds is 4. The zero-order valence-electron chi connectivity index (χ0n) is 16.7. The molecular formula is C20H26ClF3N2O3S. The van der Waals surface area contributed by atoms with E-state index in [1.807, 2.05) is 0 Å². The van der Waals surface area contributed by atoms with Gasteiger partial charge in [0.2, 0.25) is 15.9 Å². The van der Waals surface area contributed by atoms with Gasteiger partial charge in [0, 0.05) is 25.0 Å². The number of hydrogen-bond donors (Lipinski definition) is 1. The summed E-state index contributed by atoms with van der Waals surface area (Å²) in [6, 6.07) is 2.75. The molecule has 0 radical (unpaired) electrons. The lowest BCUT2D eigenvalue weighted by molar-refractivity contribution is -0.137. The van der Waals surface area contributed by atoms with Gasteiger partial charge >= 0.3 is 6.18 Å². The molecule has 10 heteroatoms. The van der Waals surface area contributed by atoms with Gasteiger partial charge in [-0.1, -0.05) is 31.4 Å². The molecule has 1 aliphatic carbocycles. The zero-order valence-corrected chi connectivity index (χ0v) is 18.3. The van der Waals surface area contributed by atoms with Crippen LogP contribution in [0.5, 0.6) is 0 Å². The summed E-state index contributed by atoms with van der Waals surface area (Å²) in [5.74, 6) is 0.0779. The maximum atomic E-state index is 13.1. The van der Waals surface area contributed by atoms with Gasteiger partial charge in [-0.05, 0) is 49.8 Å². The number of halogens is 4. The molecule has 1 aromatic rings. The molecule has 1 amide bonds. The number of alkyl halides is 3. The maximum Gasteiger partial charge on any atom is 0.417 e. The minimum Gasteiger partial charge on any atom is -0.353 e. The van der Waals surface area contributed by atoms with Crippen molar-refractivity contribution in [3.8, 4) is 0 Å². The molecule has 1 saturated carbocycles. The van der Waals surface area contributed by atoms with Gasteiger partial charge in [-0.3, -0.25) is 4.79 Å². The number of carbonyl (C=O) groups is 1. The van der Waals surface area contributed by atoms with Gasteiger partial charge < -0.3 is 5.32 Å². The van der Waals surface area contributed by atoms with Crippen molar-refractivity contribution in [2.24, 2.45) is 11.8 Å². The molecule has 0 bridgehead atoms. The molecule has 168 valence electrons. The van der Waals surface area contributed by atoms with Crippen molar-refractivity contribution in [3.05, 3.63) is 28.8 Å². The van der Waals surface area contributed by atoms with E-state index in [0.29, 0.717) is 24.8 Å².